The lowest BCUT2D eigenvalue weighted by atomic mass is 10.2. The zero-order chi connectivity index (χ0) is 18.9. The second-order valence-electron chi connectivity index (χ2n) is 6.85. The molecule has 8 heteroatoms. The van der Waals surface area contributed by atoms with Gasteiger partial charge < -0.3 is 9.80 Å². The van der Waals surface area contributed by atoms with Crippen LogP contribution >= 0.6 is 0 Å². The molecular formula is C20H20N8. The van der Waals surface area contributed by atoms with Gasteiger partial charge in [-0.05, 0) is 12.1 Å². The van der Waals surface area contributed by atoms with Crippen molar-refractivity contribution in [3.05, 3.63) is 55.4 Å². The van der Waals surface area contributed by atoms with E-state index in [2.05, 4.69) is 35.9 Å². The van der Waals surface area contributed by atoms with E-state index in [0.717, 1.165) is 60.0 Å². The average molecular weight is 372 g/mol. The number of aromatic nitrogens is 6. The molecule has 1 aliphatic rings. The lowest BCUT2D eigenvalue weighted by Gasteiger charge is -2.36. The van der Waals surface area contributed by atoms with Crippen LogP contribution in [0.4, 0.5) is 11.6 Å². The predicted molar refractivity (Wildman–Crippen MR) is 108 cm³/mol. The van der Waals surface area contributed by atoms with Gasteiger partial charge in [-0.3, -0.25) is 9.67 Å². The highest BCUT2D eigenvalue weighted by Gasteiger charge is 2.21. The van der Waals surface area contributed by atoms with Gasteiger partial charge in [-0.15, -0.1) is 0 Å². The van der Waals surface area contributed by atoms with E-state index < -0.39 is 0 Å². The first-order valence-electron chi connectivity index (χ1n) is 9.29. The van der Waals surface area contributed by atoms with Crippen molar-refractivity contribution in [2.24, 2.45) is 7.05 Å². The van der Waals surface area contributed by atoms with Crippen molar-refractivity contribution < 1.29 is 0 Å². The molecule has 0 unspecified atom stereocenters. The van der Waals surface area contributed by atoms with Crippen LogP contribution in [0, 0.1) is 0 Å². The third kappa shape index (κ3) is 3.02. The number of hydrogen-bond donors (Lipinski definition) is 0. The Morgan fingerprint density at radius 2 is 1.71 bits per heavy atom. The summed E-state index contributed by atoms with van der Waals surface area (Å²) >= 11 is 0. The van der Waals surface area contributed by atoms with Crippen molar-refractivity contribution in [1.82, 2.24) is 29.7 Å². The van der Waals surface area contributed by atoms with Gasteiger partial charge >= 0.3 is 0 Å². The molecule has 1 saturated heterocycles. The molecule has 0 atom stereocenters. The van der Waals surface area contributed by atoms with E-state index in [0.29, 0.717) is 0 Å². The highest BCUT2D eigenvalue weighted by atomic mass is 15.3. The number of hydrogen-bond acceptors (Lipinski definition) is 7. The fourth-order valence-electron chi connectivity index (χ4n) is 3.59. The van der Waals surface area contributed by atoms with Gasteiger partial charge in [-0.25, -0.2) is 15.0 Å². The molecule has 0 N–H and O–H groups in total. The first-order valence-corrected chi connectivity index (χ1v) is 9.29. The molecule has 0 saturated carbocycles. The van der Waals surface area contributed by atoms with Crippen LogP contribution in [-0.2, 0) is 7.05 Å². The molecule has 5 rings (SSSR count). The number of piperazine rings is 1. The minimum Gasteiger partial charge on any atom is -0.352 e. The largest absolute Gasteiger partial charge is 0.352 e. The second kappa shape index (κ2) is 6.88. The molecule has 0 amide bonds. The van der Waals surface area contributed by atoms with Crippen LogP contribution < -0.4 is 9.80 Å². The van der Waals surface area contributed by atoms with E-state index in [-0.39, 0.29) is 0 Å². The maximum atomic E-state index is 4.79. The zero-order valence-electron chi connectivity index (χ0n) is 15.6. The van der Waals surface area contributed by atoms with Gasteiger partial charge in [0, 0.05) is 50.4 Å². The Kier molecular flexibility index (Phi) is 4.08. The minimum atomic E-state index is 0.842. The van der Waals surface area contributed by atoms with E-state index in [1.165, 1.54) is 0 Å². The average Bonchev–Trinajstić information content (AvgIpc) is 3.20. The Hall–Kier alpha value is -3.55. The summed E-state index contributed by atoms with van der Waals surface area (Å²) in [7, 11) is 1.90. The summed E-state index contributed by atoms with van der Waals surface area (Å²) in [5.74, 6) is 1.90. The zero-order valence-corrected chi connectivity index (χ0v) is 15.6. The van der Waals surface area contributed by atoms with Crippen molar-refractivity contribution in [3.63, 3.8) is 0 Å². The van der Waals surface area contributed by atoms with Crippen molar-refractivity contribution in [2.75, 3.05) is 36.0 Å². The third-order valence-electron chi connectivity index (χ3n) is 5.05. The van der Waals surface area contributed by atoms with Crippen molar-refractivity contribution in [3.8, 4) is 11.3 Å². The van der Waals surface area contributed by atoms with Gasteiger partial charge in [0.05, 0.1) is 29.8 Å². The lowest BCUT2D eigenvalue weighted by molar-refractivity contribution is 0.642. The molecule has 28 heavy (non-hydrogen) atoms. The normalized spacial score (nSPS) is 14.6. The fourth-order valence-corrected chi connectivity index (χ4v) is 3.59. The lowest BCUT2D eigenvalue weighted by Crippen LogP contribution is -2.47. The third-order valence-corrected chi connectivity index (χ3v) is 5.05. The van der Waals surface area contributed by atoms with Gasteiger partial charge in [0.1, 0.15) is 18.0 Å². The summed E-state index contributed by atoms with van der Waals surface area (Å²) in [6.45, 7) is 3.48. The van der Waals surface area contributed by atoms with Crippen LogP contribution in [0.2, 0.25) is 0 Å². The first kappa shape index (κ1) is 16.6. The van der Waals surface area contributed by atoms with E-state index >= 15 is 0 Å². The van der Waals surface area contributed by atoms with E-state index in [1.807, 2.05) is 43.8 Å². The molecule has 0 spiro atoms. The summed E-state index contributed by atoms with van der Waals surface area (Å²) in [6.07, 6.45) is 9.02. The summed E-state index contributed by atoms with van der Waals surface area (Å²) < 4.78 is 1.77. The Labute approximate surface area is 162 Å². The molecule has 3 aromatic heterocycles. The number of anilines is 2. The molecule has 8 nitrogen and oxygen atoms in total. The van der Waals surface area contributed by atoms with Crippen LogP contribution in [0.3, 0.4) is 0 Å². The van der Waals surface area contributed by atoms with Gasteiger partial charge in [0.15, 0.2) is 0 Å². The van der Waals surface area contributed by atoms with Crippen LogP contribution in [-0.4, -0.2) is 55.9 Å². The Morgan fingerprint density at radius 1 is 0.893 bits per heavy atom. The van der Waals surface area contributed by atoms with Crippen LogP contribution in [0.25, 0.3) is 22.2 Å². The quantitative estimate of drug-likeness (QED) is 0.545. The first-order chi connectivity index (χ1) is 13.8. The highest BCUT2D eigenvalue weighted by molar-refractivity contribution is 5.89. The SMILES string of the molecule is Cn1cc(-c2cncc(N3CCN(c4ncnc5ccccc45)CC3)n2)cn1. The summed E-state index contributed by atoms with van der Waals surface area (Å²) in [5.41, 5.74) is 2.79. The van der Waals surface area contributed by atoms with Gasteiger partial charge in [-0.1, -0.05) is 12.1 Å². The minimum absolute atomic E-state index is 0.842. The molecule has 140 valence electrons. The number of aryl methyl sites for hydroxylation is 1. The van der Waals surface area contributed by atoms with Crippen LogP contribution in [0.15, 0.2) is 55.4 Å². The molecule has 0 aliphatic carbocycles. The maximum absolute atomic E-state index is 4.79. The molecular weight excluding hydrogens is 352 g/mol. The number of nitrogens with zero attached hydrogens (tertiary/aromatic N) is 8. The van der Waals surface area contributed by atoms with E-state index in [9.17, 15) is 0 Å². The number of para-hydroxylation sites is 1. The van der Waals surface area contributed by atoms with Gasteiger partial charge in [0.25, 0.3) is 0 Å². The monoisotopic (exact) mass is 372 g/mol. The predicted octanol–water partition coefficient (Wildman–Crippen LogP) is 2.15. The molecule has 1 aromatic carbocycles. The van der Waals surface area contributed by atoms with Crippen molar-refractivity contribution >= 4 is 22.5 Å². The van der Waals surface area contributed by atoms with Crippen molar-refractivity contribution in [2.45, 2.75) is 0 Å². The Bertz CT molecular complexity index is 1110. The van der Waals surface area contributed by atoms with Crippen LogP contribution in [0.5, 0.6) is 0 Å². The molecule has 0 radical (unpaired) electrons. The standard InChI is InChI=1S/C20H20N8/c1-26-13-15(10-24-26)18-11-21-12-19(25-18)27-6-8-28(9-7-27)20-16-4-2-3-5-17(16)22-14-23-20/h2-5,10-14H,6-9H2,1H3. The molecule has 4 heterocycles. The maximum Gasteiger partial charge on any atom is 0.147 e. The Morgan fingerprint density at radius 3 is 2.54 bits per heavy atom. The topological polar surface area (TPSA) is 75.9 Å². The smallest absolute Gasteiger partial charge is 0.147 e. The van der Waals surface area contributed by atoms with Crippen LogP contribution in [0.1, 0.15) is 0 Å². The number of benzene rings is 1. The van der Waals surface area contributed by atoms with Gasteiger partial charge in [0.2, 0.25) is 0 Å². The van der Waals surface area contributed by atoms with Gasteiger partial charge in [-0.2, -0.15) is 5.10 Å². The molecule has 1 fully saturated rings. The molecule has 0 bridgehead atoms. The fraction of sp³-hybridized carbons (Fsp3) is 0.250. The molecule has 1 aliphatic heterocycles. The molecule has 4 aromatic rings. The second-order valence-corrected chi connectivity index (χ2v) is 6.85. The highest BCUT2D eigenvalue weighted by Crippen LogP contribution is 2.25. The van der Waals surface area contributed by atoms with E-state index in [4.69, 9.17) is 4.98 Å². The summed E-state index contributed by atoms with van der Waals surface area (Å²) in [5, 5.41) is 5.31. The van der Waals surface area contributed by atoms with Crippen molar-refractivity contribution in [1.29, 1.82) is 0 Å². The summed E-state index contributed by atoms with van der Waals surface area (Å²) in [6, 6.07) is 8.14. The Balaban J connectivity index is 1.35. The number of fused-ring (bicyclic) bond motifs is 1. The van der Waals surface area contributed by atoms with E-state index in [1.54, 1.807) is 17.2 Å². The summed E-state index contributed by atoms with van der Waals surface area (Å²) in [4.78, 5) is 22.7. The number of rotatable bonds is 3.